The molecule has 0 fully saturated rings. The van der Waals surface area contributed by atoms with Gasteiger partial charge in [0.25, 0.3) is 17.7 Å². The number of para-hydroxylation sites is 2. The van der Waals surface area contributed by atoms with Crippen LogP contribution in [0.5, 0.6) is 5.75 Å². The molecule has 0 saturated carbocycles. The van der Waals surface area contributed by atoms with E-state index in [4.69, 9.17) is 27.9 Å². The summed E-state index contributed by atoms with van der Waals surface area (Å²) in [6, 6.07) is 20.0. The molecule has 0 spiro atoms. The largest absolute Gasteiger partial charge is 0.489 e. The molecule has 7 nitrogen and oxygen atoms in total. The van der Waals surface area contributed by atoms with Crippen LogP contribution in [0, 0.1) is 0 Å². The van der Waals surface area contributed by atoms with Gasteiger partial charge in [-0.25, -0.2) is 4.90 Å². The van der Waals surface area contributed by atoms with Crippen LogP contribution in [0.25, 0.3) is 0 Å². The van der Waals surface area contributed by atoms with Crippen LogP contribution in [0.15, 0.2) is 83.5 Å². The molecule has 0 aliphatic carbocycles. The highest BCUT2D eigenvalue weighted by Crippen LogP contribution is 2.31. The first kappa shape index (κ1) is 24.3. The van der Waals surface area contributed by atoms with E-state index in [0.717, 1.165) is 4.90 Å². The Kier molecular flexibility index (Phi) is 7.10. The summed E-state index contributed by atoms with van der Waals surface area (Å²) in [6.45, 7) is 3.80. The van der Waals surface area contributed by atoms with Gasteiger partial charge < -0.3 is 15.4 Å². The van der Waals surface area contributed by atoms with Gasteiger partial charge in [-0.05, 0) is 62.4 Å². The van der Waals surface area contributed by atoms with Crippen molar-refractivity contribution < 1.29 is 19.1 Å². The van der Waals surface area contributed by atoms with Crippen molar-refractivity contribution in [1.82, 2.24) is 0 Å². The van der Waals surface area contributed by atoms with Crippen LogP contribution in [0.2, 0.25) is 5.02 Å². The molecule has 3 aromatic carbocycles. The van der Waals surface area contributed by atoms with Crippen LogP contribution in [0.3, 0.4) is 0 Å². The lowest BCUT2D eigenvalue weighted by Crippen LogP contribution is -2.32. The molecule has 9 heteroatoms. The summed E-state index contributed by atoms with van der Waals surface area (Å²) in [5.74, 6) is -1.12. The van der Waals surface area contributed by atoms with Crippen molar-refractivity contribution in [3.8, 4) is 5.75 Å². The van der Waals surface area contributed by atoms with Crippen LogP contribution in [-0.4, -0.2) is 23.8 Å². The van der Waals surface area contributed by atoms with E-state index in [0.29, 0.717) is 33.4 Å². The highest BCUT2D eigenvalue weighted by atomic mass is 35.5. The average Bonchev–Trinajstić information content (AvgIpc) is 3.03. The molecule has 0 aromatic heterocycles. The molecule has 0 saturated heterocycles. The SMILES string of the molecule is CC(C)Oc1ccccc1NC(=O)c1cccc(NC2=C(Cl)C(=O)N(c3cccc(Cl)c3)C2=O)c1. The molecule has 0 atom stereocenters. The van der Waals surface area contributed by atoms with E-state index in [1.165, 1.54) is 6.07 Å². The summed E-state index contributed by atoms with van der Waals surface area (Å²) in [5, 5.41) is 5.83. The van der Waals surface area contributed by atoms with Crippen molar-refractivity contribution >= 4 is 58.0 Å². The Morgan fingerprint density at radius 1 is 0.914 bits per heavy atom. The normalized spacial score (nSPS) is 13.5. The second kappa shape index (κ2) is 10.2. The Labute approximate surface area is 212 Å². The molecule has 1 aliphatic rings. The summed E-state index contributed by atoms with van der Waals surface area (Å²) in [6.07, 6.45) is -0.0586. The van der Waals surface area contributed by atoms with Gasteiger partial charge in [0.05, 0.1) is 17.5 Å². The first-order chi connectivity index (χ1) is 16.7. The fraction of sp³-hybridized carbons (Fsp3) is 0.115. The van der Waals surface area contributed by atoms with E-state index in [1.807, 2.05) is 19.9 Å². The van der Waals surface area contributed by atoms with Crippen LogP contribution < -0.4 is 20.3 Å². The summed E-state index contributed by atoms with van der Waals surface area (Å²) in [4.78, 5) is 39.5. The highest BCUT2D eigenvalue weighted by Gasteiger charge is 2.39. The fourth-order valence-corrected chi connectivity index (χ4v) is 3.86. The maximum absolute atomic E-state index is 13.0. The number of nitrogens with zero attached hydrogens (tertiary/aromatic N) is 1. The van der Waals surface area contributed by atoms with E-state index in [-0.39, 0.29) is 22.7 Å². The minimum Gasteiger partial charge on any atom is -0.489 e. The predicted octanol–water partition coefficient (Wildman–Crippen LogP) is 5.82. The number of benzene rings is 3. The van der Waals surface area contributed by atoms with Crippen LogP contribution in [-0.2, 0) is 9.59 Å². The first-order valence-corrected chi connectivity index (χ1v) is 11.5. The maximum Gasteiger partial charge on any atom is 0.283 e. The molecule has 1 aliphatic heterocycles. The Hall–Kier alpha value is -3.81. The van der Waals surface area contributed by atoms with Gasteiger partial charge >= 0.3 is 0 Å². The number of ether oxygens (including phenoxy) is 1. The van der Waals surface area contributed by atoms with Crippen molar-refractivity contribution in [3.63, 3.8) is 0 Å². The van der Waals surface area contributed by atoms with Crippen LogP contribution in [0.1, 0.15) is 24.2 Å². The third-order valence-electron chi connectivity index (χ3n) is 4.99. The zero-order valence-corrected chi connectivity index (χ0v) is 20.4. The van der Waals surface area contributed by atoms with E-state index >= 15 is 0 Å². The van der Waals surface area contributed by atoms with Gasteiger partial charge in [0.1, 0.15) is 16.5 Å². The molecular weight excluding hydrogens is 489 g/mol. The topological polar surface area (TPSA) is 87.7 Å². The van der Waals surface area contributed by atoms with Crippen molar-refractivity contribution in [1.29, 1.82) is 0 Å². The summed E-state index contributed by atoms with van der Waals surface area (Å²) >= 11 is 12.2. The molecule has 0 unspecified atom stereocenters. The Balaban J connectivity index is 1.53. The summed E-state index contributed by atoms with van der Waals surface area (Å²) < 4.78 is 5.75. The fourth-order valence-electron chi connectivity index (χ4n) is 3.46. The number of nitrogens with one attached hydrogen (secondary N) is 2. The lowest BCUT2D eigenvalue weighted by Gasteiger charge is -2.16. The van der Waals surface area contributed by atoms with E-state index < -0.39 is 11.8 Å². The highest BCUT2D eigenvalue weighted by molar-refractivity contribution is 6.53. The molecule has 3 amide bonds. The second-order valence-electron chi connectivity index (χ2n) is 7.94. The number of carbonyl (C=O) groups excluding carboxylic acids is 3. The number of amides is 3. The predicted molar refractivity (Wildman–Crippen MR) is 137 cm³/mol. The van der Waals surface area contributed by atoms with Crippen molar-refractivity contribution in [2.75, 3.05) is 15.5 Å². The van der Waals surface area contributed by atoms with Crippen LogP contribution >= 0.6 is 23.2 Å². The molecule has 178 valence electrons. The number of hydrogen-bond acceptors (Lipinski definition) is 5. The van der Waals surface area contributed by atoms with Gasteiger partial charge in [-0.15, -0.1) is 0 Å². The number of rotatable bonds is 7. The zero-order chi connectivity index (χ0) is 25.1. The van der Waals surface area contributed by atoms with Gasteiger partial charge in [-0.1, -0.05) is 47.5 Å². The minimum absolute atomic E-state index is 0.0586. The third kappa shape index (κ3) is 5.31. The van der Waals surface area contributed by atoms with Gasteiger partial charge in [-0.2, -0.15) is 0 Å². The van der Waals surface area contributed by atoms with Gasteiger partial charge in [-0.3, -0.25) is 14.4 Å². The summed E-state index contributed by atoms with van der Waals surface area (Å²) in [7, 11) is 0. The number of halogens is 2. The minimum atomic E-state index is -0.669. The first-order valence-electron chi connectivity index (χ1n) is 10.7. The number of anilines is 3. The quantitative estimate of drug-likeness (QED) is 0.392. The number of imide groups is 1. The van der Waals surface area contributed by atoms with E-state index in [9.17, 15) is 14.4 Å². The molecule has 3 aromatic rings. The van der Waals surface area contributed by atoms with Crippen LogP contribution in [0.4, 0.5) is 17.1 Å². The Morgan fingerprint density at radius 3 is 2.40 bits per heavy atom. The van der Waals surface area contributed by atoms with E-state index in [2.05, 4.69) is 10.6 Å². The van der Waals surface area contributed by atoms with Crippen molar-refractivity contribution in [2.24, 2.45) is 0 Å². The van der Waals surface area contributed by atoms with Gasteiger partial charge in [0, 0.05) is 16.3 Å². The Bertz CT molecular complexity index is 1350. The molecule has 35 heavy (non-hydrogen) atoms. The Morgan fingerprint density at radius 2 is 1.66 bits per heavy atom. The second-order valence-corrected chi connectivity index (χ2v) is 8.75. The number of hydrogen-bond donors (Lipinski definition) is 2. The van der Waals surface area contributed by atoms with E-state index in [1.54, 1.807) is 60.7 Å². The van der Waals surface area contributed by atoms with Crippen molar-refractivity contribution in [3.05, 3.63) is 94.1 Å². The maximum atomic E-state index is 13.0. The molecule has 0 bridgehead atoms. The lowest BCUT2D eigenvalue weighted by molar-refractivity contribution is -0.120. The molecule has 2 N–H and O–H groups in total. The smallest absolute Gasteiger partial charge is 0.283 e. The molecular formula is C26H21Cl2N3O4. The molecule has 4 rings (SSSR count). The summed E-state index contributed by atoms with van der Waals surface area (Å²) in [5.41, 5.74) is 1.48. The van der Waals surface area contributed by atoms with Crippen molar-refractivity contribution in [2.45, 2.75) is 20.0 Å². The van der Waals surface area contributed by atoms with Gasteiger partial charge in [0.15, 0.2) is 0 Å². The molecule has 0 radical (unpaired) electrons. The zero-order valence-electron chi connectivity index (χ0n) is 18.8. The third-order valence-corrected chi connectivity index (χ3v) is 5.57. The lowest BCUT2D eigenvalue weighted by atomic mass is 10.1. The standard InChI is InChI=1S/C26H21Cl2N3O4/c1-15(2)35-21-12-4-3-11-20(21)30-24(32)16-7-5-9-18(13-16)29-23-22(28)25(33)31(26(23)34)19-10-6-8-17(27)14-19/h3-15,29H,1-2H3,(H,30,32). The monoisotopic (exact) mass is 509 g/mol. The molecule has 1 heterocycles. The number of carbonyl (C=O) groups is 3. The van der Waals surface area contributed by atoms with Gasteiger partial charge in [0.2, 0.25) is 0 Å². The average molecular weight is 510 g/mol.